The molecule has 3 N–H and O–H groups in total. The molecule has 0 spiro atoms. The molecule has 0 aliphatic heterocycles. The molecule has 0 saturated carbocycles. The van der Waals surface area contributed by atoms with E-state index in [1.165, 1.54) is 0 Å². The second kappa shape index (κ2) is 9.67. The lowest BCUT2D eigenvalue weighted by molar-refractivity contribution is 0.100. The van der Waals surface area contributed by atoms with Gasteiger partial charge < -0.3 is 15.8 Å². The van der Waals surface area contributed by atoms with Crippen molar-refractivity contribution in [2.24, 2.45) is 5.73 Å². The molecule has 0 aliphatic rings. The molecule has 30 heavy (non-hydrogen) atoms. The number of likely N-dealkylation sites (N-methyl/N-ethyl adjacent to an activating group) is 1. The maximum Gasteiger partial charge on any atom is 0.248 e. The number of ether oxygens (including phenoxy) is 1. The van der Waals surface area contributed by atoms with Crippen molar-refractivity contribution in [1.82, 2.24) is 14.9 Å². The Kier molecular flexibility index (Phi) is 6.77. The largest absolute Gasteiger partial charge is 0.496 e. The van der Waals surface area contributed by atoms with Crippen LogP contribution < -0.4 is 15.8 Å². The Labute approximate surface area is 176 Å². The van der Waals surface area contributed by atoms with Crippen LogP contribution in [0.4, 0.5) is 11.6 Å². The Bertz CT molecular complexity index is 1050. The van der Waals surface area contributed by atoms with E-state index in [9.17, 15) is 4.79 Å². The van der Waals surface area contributed by atoms with E-state index in [1.807, 2.05) is 37.4 Å². The molecule has 0 radical (unpaired) electrons. The van der Waals surface area contributed by atoms with Gasteiger partial charge in [-0.1, -0.05) is 12.1 Å². The molecule has 0 aliphatic carbocycles. The van der Waals surface area contributed by atoms with E-state index in [0.717, 1.165) is 35.7 Å². The fraction of sp³-hybridized carbons (Fsp3) is 0.174. The van der Waals surface area contributed by atoms with Crippen LogP contribution in [-0.2, 0) is 6.54 Å². The Morgan fingerprint density at radius 3 is 2.83 bits per heavy atom. The summed E-state index contributed by atoms with van der Waals surface area (Å²) in [4.78, 5) is 22.4. The minimum atomic E-state index is -0.486. The molecule has 0 fully saturated rings. The van der Waals surface area contributed by atoms with Gasteiger partial charge >= 0.3 is 0 Å². The average molecular weight is 403 g/mol. The predicted molar refractivity (Wildman–Crippen MR) is 119 cm³/mol. The first kappa shape index (κ1) is 21.0. The zero-order chi connectivity index (χ0) is 21.5. The fourth-order valence-electron chi connectivity index (χ4n) is 3.10. The lowest BCUT2D eigenvalue weighted by Gasteiger charge is -2.17. The number of carbonyl (C=O) groups is 1. The van der Waals surface area contributed by atoms with Crippen molar-refractivity contribution in [2.45, 2.75) is 6.54 Å². The van der Waals surface area contributed by atoms with Crippen molar-refractivity contribution < 1.29 is 9.53 Å². The highest BCUT2D eigenvalue weighted by molar-refractivity contribution is 5.93. The van der Waals surface area contributed by atoms with Crippen LogP contribution in [0.15, 0.2) is 67.4 Å². The summed E-state index contributed by atoms with van der Waals surface area (Å²) >= 11 is 0. The molecule has 0 unspecified atom stereocenters. The number of hydrogen-bond acceptors (Lipinski definition) is 6. The van der Waals surface area contributed by atoms with Crippen LogP contribution in [0.3, 0.4) is 0 Å². The molecular formula is C23H25N5O2. The van der Waals surface area contributed by atoms with Crippen LogP contribution in [-0.4, -0.2) is 41.5 Å². The third kappa shape index (κ3) is 5.21. The SMILES string of the molecule is C=CCN(C)Cc1cc(-c2ccnc(Nc3cccc(C(N)=O)c3)n2)ccc1OC. The van der Waals surface area contributed by atoms with Gasteiger partial charge in [-0.05, 0) is 49.5 Å². The minimum absolute atomic E-state index is 0.416. The van der Waals surface area contributed by atoms with Crippen molar-refractivity contribution in [2.75, 3.05) is 26.0 Å². The molecule has 3 rings (SSSR count). The molecular weight excluding hydrogens is 378 g/mol. The average Bonchev–Trinajstić information content (AvgIpc) is 2.74. The summed E-state index contributed by atoms with van der Waals surface area (Å²) in [5.74, 6) is 0.765. The van der Waals surface area contributed by atoms with Crippen molar-refractivity contribution in [3.63, 3.8) is 0 Å². The third-order valence-corrected chi connectivity index (χ3v) is 4.52. The van der Waals surface area contributed by atoms with E-state index in [-0.39, 0.29) is 0 Å². The lowest BCUT2D eigenvalue weighted by atomic mass is 10.1. The number of carbonyl (C=O) groups excluding carboxylic acids is 1. The number of nitrogens with zero attached hydrogens (tertiary/aromatic N) is 3. The predicted octanol–water partition coefficient (Wildman–Crippen LogP) is 3.61. The van der Waals surface area contributed by atoms with E-state index < -0.39 is 5.91 Å². The first-order valence-corrected chi connectivity index (χ1v) is 9.47. The van der Waals surface area contributed by atoms with Crippen LogP contribution >= 0.6 is 0 Å². The highest BCUT2D eigenvalue weighted by Gasteiger charge is 2.10. The summed E-state index contributed by atoms with van der Waals surface area (Å²) in [5, 5.41) is 3.12. The third-order valence-electron chi connectivity index (χ3n) is 4.52. The van der Waals surface area contributed by atoms with Crippen LogP contribution in [0, 0.1) is 0 Å². The number of benzene rings is 2. The highest BCUT2D eigenvalue weighted by Crippen LogP contribution is 2.27. The Hall–Kier alpha value is -3.71. The maximum absolute atomic E-state index is 11.4. The van der Waals surface area contributed by atoms with Crippen molar-refractivity contribution >= 4 is 17.5 Å². The number of rotatable bonds is 9. The standard InChI is InChI=1S/C23H25N5O2/c1-4-12-28(2)15-18-13-16(8-9-21(18)30-3)20-10-11-25-23(27-20)26-19-7-5-6-17(14-19)22(24)29/h4-11,13-14H,1,12,15H2,2-3H3,(H2,24,29)(H,25,26,27). The number of hydrogen-bond donors (Lipinski definition) is 2. The number of nitrogens with one attached hydrogen (secondary N) is 1. The second-order valence-corrected chi connectivity index (χ2v) is 6.85. The molecule has 154 valence electrons. The highest BCUT2D eigenvalue weighted by atomic mass is 16.5. The summed E-state index contributed by atoms with van der Waals surface area (Å²) in [5.41, 5.74) is 9.23. The molecule has 1 heterocycles. The van der Waals surface area contributed by atoms with Crippen LogP contribution in [0.2, 0.25) is 0 Å². The van der Waals surface area contributed by atoms with Crippen LogP contribution in [0.5, 0.6) is 5.75 Å². The fourth-order valence-corrected chi connectivity index (χ4v) is 3.10. The summed E-state index contributed by atoms with van der Waals surface area (Å²) < 4.78 is 5.51. The van der Waals surface area contributed by atoms with E-state index >= 15 is 0 Å². The second-order valence-electron chi connectivity index (χ2n) is 6.85. The van der Waals surface area contributed by atoms with Gasteiger partial charge in [0.15, 0.2) is 0 Å². The zero-order valence-electron chi connectivity index (χ0n) is 17.1. The molecule has 1 aromatic heterocycles. The molecule has 3 aromatic rings. The number of aromatic nitrogens is 2. The van der Waals surface area contributed by atoms with E-state index in [2.05, 4.69) is 32.8 Å². The molecule has 0 bridgehead atoms. The van der Waals surface area contributed by atoms with Gasteiger partial charge in [0.05, 0.1) is 12.8 Å². The van der Waals surface area contributed by atoms with Gasteiger partial charge in [0, 0.05) is 41.7 Å². The number of primary amides is 1. The minimum Gasteiger partial charge on any atom is -0.496 e. The number of amides is 1. The molecule has 7 heteroatoms. The van der Waals surface area contributed by atoms with Gasteiger partial charge in [-0.25, -0.2) is 9.97 Å². The molecule has 0 atom stereocenters. The van der Waals surface area contributed by atoms with Crippen LogP contribution in [0.25, 0.3) is 11.3 Å². The van der Waals surface area contributed by atoms with Gasteiger partial charge in [0.1, 0.15) is 5.75 Å². The summed E-state index contributed by atoms with van der Waals surface area (Å²) in [6.07, 6.45) is 3.56. The molecule has 7 nitrogen and oxygen atoms in total. The monoisotopic (exact) mass is 403 g/mol. The maximum atomic E-state index is 11.4. The molecule has 1 amide bonds. The smallest absolute Gasteiger partial charge is 0.248 e. The number of methoxy groups -OCH3 is 1. The summed E-state index contributed by atoms with van der Waals surface area (Å²) in [7, 11) is 3.69. The summed E-state index contributed by atoms with van der Waals surface area (Å²) in [6.45, 7) is 5.29. The zero-order valence-corrected chi connectivity index (χ0v) is 17.1. The van der Waals surface area contributed by atoms with E-state index in [4.69, 9.17) is 10.5 Å². The van der Waals surface area contributed by atoms with Crippen molar-refractivity contribution in [3.05, 3.63) is 78.5 Å². The summed E-state index contributed by atoms with van der Waals surface area (Å²) in [6, 6.07) is 14.7. The lowest BCUT2D eigenvalue weighted by Crippen LogP contribution is -2.18. The quantitative estimate of drug-likeness (QED) is 0.530. The molecule has 2 aromatic carbocycles. The Morgan fingerprint density at radius 2 is 2.10 bits per heavy atom. The van der Waals surface area contributed by atoms with Gasteiger partial charge in [0.25, 0.3) is 0 Å². The van der Waals surface area contributed by atoms with E-state index in [0.29, 0.717) is 17.2 Å². The topological polar surface area (TPSA) is 93.4 Å². The number of nitrogens with two attached hydrogens (primary N) is 1. The van der Waals surface area contributed by atoms with Crippen molar-refractivity contribution in [3.8, 4) is 17.0 Å². The number of anilines is 2. The van der Waals surface area contributed by atoms with Crippen molar-refractivity contribution in [1.29, 1.82) is 0 Å². The molecule has 0 saturated heterocycles. The van der Waals surface area contributed by atoms with Crippen LogP contribution in [0.1, 0.15) is 15.9 Å². The van der Waals surface area contributed by atoms with Gasteiger partial charge in [0.2, 0.25) is 11.9 Å². The van der Waals surface area contributed by atoms with Gasteiger partial charge in [-0.2, -0.15) is 0 Å². The van der Waals surface area contributed by atoms with E-state index in [1.54, 1.807) is 31.5 Å². The van der Waals surface area contributed by atoms with Gasteiger partial charge in [-0.3, -0.25) is 9.69 Å². The Balaban J connectivity index is 1.87. The first-order chi connectivity index (χ1) is 14.5. The Morgan fingerprint density at radius 1 is 1.27 bits per heavy atom. The first-order valence-electron chi connectivity index (χ1n) is 9.47. The normalized spacial score (nSPS) is 10.6. The van der Waals surface area contributed by atoms with Gasteiger partial charge in [-0.15, -0.1) is 6.58 Å².